The van der Waals surface area contributed by atoms with E-state index in [9.17, 15) is 9.59 Å². The Morgan fingerprint density at radius 2 is 2.04 bits per heavy atom. The zero-order valence-electron chi connectivity index (χ0n) is 14.8. The molecule has 0 aliphatic heterocycles. The van der Waals surface area contributed by atoms with Gasteiger partial charge in [-0.25, -0.2) is 4.98 Å². The highest BCUT2D eigenvalue weighted by Crippen LogP contribution is 2.24. The van der Waals surface area contributed by atoms with Gasteiger partial charge in [0.05, 0.1) is 10.9 Å². The molecule has 1 heterocycles. The number of aromatic nitrogens is 2. The zero-order valence-corrected chi connectivity index (χ0v) is 15.6. The predicted octanol–water partition coefficient (Wildman–Crippen LogP) is 3.38. The summed E-state index contributed by atoms with van der Waals surface area (Å²) < 4.78 is 0. The third kappa shape index (κ3) is 4.12. The number of nitrogens with one attached hydrogen (secondary N) is 2. The average molecular weight is 357 g/mol. The van der Waals surface area contributed by atoms with E-state index in [2.05, 4.69) is 15.3 Å². The molecule has 1 aliphatic rings. The molecular weight excluding hydrogens is 334 g/mol. The Labute approximate surface area is 151 Å². The van der Waals surface area contributed by atoms with Crippen LogP contribution in [0.4, 0.5) is 5.69 Å². The number of aryl methyl sites for hydroxylation is 3. The Balaban J connectivity index is 1.72. The summed E-state index contributed by atoms with van der Waals surface area (Å²) in [5.74, 6) is -0.0981. The number of anilines is 1. The fourth-order valence-corrected chi connectivity index (χ4v) is 3.78. The molecule has 1 aromatic carbocycles. The largest absolute Gasteiger partial charge is 0.325 e. The van der Waals surface area contributed by atoms with Crippen LogP contribution in [0.5, 0.6) is 0 Å². The number of nitrogens with zero attached hydrogens (tertiary/aromatic N) is 1. The third-order valence-electron chi connectivity index (χ3n) is 4.48. The van der Waals surface area contributed by atoms with Crippen LogP contribution in [0.2, 0.25) is 0 Å². The number of H-pyrrole nitrogens is 1. The lowest BCUT2D eigenvalue weighted by Crippen LogP contribution is -2.25. The van der Waals surface area contributed by atoms with Gasteiger partial charge in [-0.3, -0.25) is 9.59 Å². The van der Waals surface area contributed by atoms with Gasteiger partial charge in [0.15, 0.2) is 5.16 Å². The van der Waals surface area contributed by atoms with E-state index in [1.807, 2.05) is 39.0 Å². The summed E-state index contributed by atoms with van der Waals surface area (Å²) in [6, 6.07) is 5.97. The lowest BCUT2D eigenvalue weighted by Gasteiger charge is -2.16. The molecular formula is C19H23N3O2S. The fourth-order valence-electron chi connectivity index (χ4n) is 2.96. The lowest BCUT2D eigenvalue weighted by atomic mass is 9.97. The summed E-state index contributed by atoms with van der Waals surface area (Å²) in [6.07, 6.45) is 3.75. The van der Waals surface area contributed by atoms with E-state index < -0.39 is 0 Å². The van der Waals surface area contributed by atoms with Gasteiger partial charge in [-0.1, -0.05) is 23.9 Å². The molecule has 6 heteroatoms. The van der Waals surface area contributed by atoms with E-state index in [0.717, 1.165) is 53.8 Å². The van der Waals surface area contributed by atoms with E-state index in [1.54, 1.807) is 0 Å². The van der Waals surface area contributed by atoms with Crippen molar-refractivity contribution in [2.75, 3.05) is 5.32 Å². The van der Waals surface area contributed by atoms with Crippen molar-refractivity contribution < 1.29 is 4.79 Å². The fraction of sp³-hybridized carbons (Fsp3) is 0.421. The summed E-state index contributed by atoms with van der Waals surface area (Å²) in [5, 5.41) is 3.13. The molecule has 1 aromatic heterocycles. The van der Waals surface area contributed by atoms with Crippen molar-refractivity contribution >= 4 is 23.4 Å². The first-order valence-corrected chi connectivity index (χ1v) is 9.49. The number of fused-ring (bicyclic) bond motifs is 1. The van der Waals surface area contributed by atoms with Crippen LogP contribution in [0, 0.1) is 13.8 Å². The second-order valence-corrected chi connectivity index (χ2v) is 7.90. The first kappa shape index (κ1) is 17.7. The Hall–Kier alpha value is -2.08. The molecule has 0 bridgehead atoms. The maximum atomic E-state index is 12.5. The molecule has 1 amide bonds. The Bertz CT molecular complexity index is 860. The van der Waals surface area contributed by atoms with Crippen LogP contribution < -0.4 is 10.9 Å². The van der Waals surface area contributed by atoms with Gasteiger partial charge < -0.3 is 10.3 Å². The Morgan fingerprint density at radius 3 is 2.84 bits per heavy atom. The van der Waals surface area contributed by atoms with Crippen molar-refractivity contribution in [3.63, 3.8) is 0 Å². The van der Waals surface area contributed by atoms with Crippen LogP contribution in [0.3, 0.4) is 0 Å². The summed E-state index contributed by atoms with van der Waals surface area (Å²) in [7, 11) is 0. The molecule has 1 atom stereocenters. The number of rotatable bonds is 4. The van der Waals surface area contributed by atoms with Crippen LogP contribution in [0.1, 0.15) is 42.1 Å². The number of thioether (sulfide) groups is 1. The monoisotopic (exact) mass is 357 g/mol. The van der Waals surface area contributed by atoms with Gasteiger partial charge in [-0.15, -0.1) is 0 Å². The van der Waals surface area contributed by atoms with Crippen molar-refractivity contribution in [1.82, 2.24) is 9.97 Å². The number of hydrogen-bond donors (Lipinski definition) is 2. The van der Waals surface area contributed by atoms with E-state index in [-0.39, 0.29) is 16.7 Å². The minimum Gasteiger partial charge on any atom is -0.325 e. The van der Waals surface area contributed by atoms with E-state index in [4.69, 9.17) is 0 Å². The molecule has 5 nitrogen and oxygen atoms in total. The molecule has 0 unspecified atom stereocenters. The standard InChI is InChI=1S/C19H23N3O2S/c1-11-8-9-12(2)16(10-11)20-17(23)13(3)25-19-21-15-7-5-4-6-14(15)18(24)22-19/h8-10,13H,4-7H2,1-3H3,(H,20,23)(H,21,22,24)/t13-/m0/s1. The number of carbonyl (C=O) groups is 1. The van der Waals surface area contributed by atoms with Crippen LogP contribution in [0.25, 0.3) is 0 Å². The van der Waals surface area contributed by atoms with Gasteiger partial charge >= 0.3 is 0 Å². The molecule has 0 fully saturated rings. The van der Waals surface area contributed by atoms with E-state index in [1.165, 1.54) is 11.8 Å². The normalized spacial score (nSPS) is 14.7. The minimum absolute atomic E-state index is 0.0608. The number of benzene rings is 1. The highest BCUT2D eigenvalue weighted by molar-refractivity contribution is 8.00. The average Bonchev–Trinajstić information content (AvgIpc) is 2.58. The molecule has 2 aromatic rings. The summed E-state index contributed by atoms with van der Waals surface area (Å²) in [5.41, 5.74) is 4.58. The third-order valence-corrected chi connectivity index (χ3v) is 5.46. The molecule has 3 rings (SSSR count). The number of carbonyl (C=O) groups excluding carboxylic acids is 1. The van der Waals surface area contributed by atoms with Crippen molar-refractivity contribution in [3.8, 4) is 0 Å². The van der Waals surface area contributed by atoms with Crippen LogP contribution in [-0.2, 0) is 17.6 Å². The molecule has 0 saturated carbocycles. The molecule has 0 saturated heterocycles. The number of amides is 1. The van der Waals surface area contributed by atoms with E-state index in [0.29, 0.717) is 5.16 Å². The van der Waals surface area contributed by atoms with Crippen LogP contribution >= 0.6 is 11.8 Å². The predicted molar refractivity (Wildman–Crippen MR) is 101 cm³/mol. The maximum absolute atomic E-state index is 12.5. The number of hydrogen-bond acceptors (Lipinski definition) is 4. The molecule has 2 N–H and O–H groups in total. The van der Waals surface area contributed by atoms with Crippen LogP contribution in [0.15, 0.2) is 28.2 Å². The summed E-state index contributed by atoms with van der Waals surface area (Å²) in [4.78, 5) is 32.1. The van der Waals surface area contributed by atoms with Gasteiger partial charge in [0, 0.05) is 11.3 Å². The van der Waals surface area contributed by atoms with Crippen LogP contribution in [-0.4, -0.2) is 21.1 Å². The van der Waals surface area contributed by atoms with Gasteiger partial charge in [0.2, 0.25) is 5.91 Å². The maximum Gasteiger partial charge on any atom is 0.254 e. The van der Waals surface area contributed by atoms with Crippen molar-refractivity contribution in [3.05, 3.63) is 50.9 Å². The van der Waals surface area contributed by atoms with Gasteiger partial charge in [-0.05, 0) is 63.6 Å². The smallest absolute Gasteiger partial charge is 0.254 e. The molecule has 132 valence electrons. The Kier molecular flexibility index (Phi) is 5.27. The molecule has 0 spiro atoms. The quantitative estimate of drug-likeness (QED) is 0.650. The first-order valence-electron chi connectivity index (χ1n) is 8.61. The van der Waals surface area contributed by atoms with Crippen molar-refractivity contribution in [2.24, 2.45) is 0 Å². The van der Waals surface area contributed by atoms with Gasteiger partial charge in [-0.2, -0.15) is 0 Å². The molecule has 25 heavy (non-hydrogen) atoms. The summed E-state index contributed by atoms with van der Waals surface area (Å²) in [6.45, 7) is 5.79. The van der Waals surface area contributed by atoms with Crippen molar-refractivity contribution in [2.45, 2.75) is 56.9 Å². The Morgan fingerprint density at radius 1 is 1.28 bits per heavy atom. The topological polar surface area (TPSA) is 74.8 Å². The van der Waals surface area contributed by atoms with Gasteiger partial charge in [0.1, 0.15) is 0 Å². The second-order valence-electron chi connectivity index (χ2n) is 6.57. The SMILES string of the molecule is Cc1ccc(C)c(NC(=O)[C@H](C)Sc2nc3c(c(=O)[nH]2)CCCC3)c1. The lowest BCUT2D eigenvalue weighted by molar-refractivity contribution is -0.115. The second kappa shape index (κ2) is 7.44. The van der Waals surface area contributed by atoms with Gasteiger partial charge in [0.25, 0.3) is 5.56 Å². The highest BCUT2D eigenvalue weighted by atomic mass is 32.2. The minimum atomic E-state index is -0.357. The van der Waals surface area contributed by atoms with Crippen molar-refractivity contribution in [1.29, 1.82) is 0 Å². The first-order chi connectivity index (χ1) is 11.9. The zero-order chi connectivity index (χ0) is 18.0. The summed E-state index contributed by atoms with van der Waals surface area (Å²) >= 11 is 1.29. The van der Waals surface area contributed by atoms with E-state index >= 15 is 0 Å². The number of aromatic amines is 1. The highest BCUT2D eigenvalue weighted by Gasteiger charge is 2.20. The molecule has 0 radical (unpaired) electrons. The molecule has 1 aliphatic carbocycles.